The van der Waals surface area contributed by atoms with Crippen LogP contribution in [0.15, 0.2) is 0 Å². The lowest BCUT2D eigenvalue weighted by atomic mass is 9.89. The van der Waals surface area contributed by atoms with E-state index in [4.69, 9.17) is 0 Å². The van der Waals surface area contributed by atoms with Crippen molar-refractivity contribution in [1.82, 2.24) is 10.2 Å². The smallest absolute Gasteiger partial charge is 0.00705 e. The Morgan fingerprint density at radius 1 is 1.12 bits per heavy atom. The zero-order valence-corrected chi connectivity index (χ0v) is 11.8. The Bertz CT molecular complexity index is 183. The van der Waals surface area contributed by atoms with Crippen molar-refractivity contribution >= 4 is 0 Å². The summed E-state index contributed by atoms with van der Waals surface area (Å²) in [5.41, 5.74) is 0. The molecule has 96 valence electrons. The molecule has 1 rings (SSSR count). The van der Waals surface area contributed by atoms with Crippen LogP contribution in [0.1, 0.15) is 47.5 Å². The van der Waals surface area contributed by atoms with Crippen molar-refractivity contribution in [1.29, 1.82) is 0 Å². The third kappa shape index (κ3) is 4.06. The summed E-state index contributed by atoms with van der Waals surface area (Å²) in [7, 11) is 0. The van der Waals surface area contributed by atoms with Gasteiger partial charge in [0.25, 0.3) is 0 Å². The lowest BCUT2D eigenvalue weighted by Gasteiger charge is -2.36. The van der Waals surface area contributed by atoms with Gasteiger partial charge in [-0.1, -0.05) is 20.8 Å². The first-order valence-corrected chi connectivity index (χ1v) is 7.03. The predicted octanol–water partition coefficient (Wildman–Crippen LogP) is 2.74. The van der Waals surface area contributed by atoms with Gasteiger partial charge in [-0.25, -0.2) is 0 Å². The van der Waals surface area contributed by atoms with E-state index in [0.717, 1.165) is 11.8 Å². The van der Waals surface area contributed by atoms with Crippen molar-refractivity contribution in [2.75, 3.05) is 19.6 Å². The normalized spacial score (nSPS) is 23.6. The Labute approximate surface area is 102 Å². The standard InChI is InChI=1S/C14H30N2/c1-6-16-9-7-14(8-10-16)13(5)15-12(4)11(2)3/h11-15H,6-10H2,1-5H3. The zero-order valence-electron chi connectivity index (χ0n) is 11.8. The van der Waals surface area contributed by atoms with Crippen LogP contribution >= 0.6 is 0 Å². The van der Waals surface area contributed by atoms with Crippen molar-refractivity contribution in [2.24, 2.45) is 11.8 Å². The fourth-order valence-electron chi connectivity index (χ4n) is 2.51. The second-order valence-corrected chi connectivity index (χ2v) is 5.76. The first-order chi connectivity index (χ1) is 7.54. The molecular formula is C14H30N2. The van der Waals surface area contributed by atoms with Gasteiger partial charge >= 0.3 is 0 Å². The van der Waals surface area contributed by atoms with E-state index in [1.54, 1.807) is 0 Å². The average Bonchev–Trinajstić information content (AvgIpc) is 2.28. The second-order valence-electron chi connectivity index (χ2n) is 5.76. The predicted molar refractivity (Wildman–Crippen MR) is 71.7 cm³/mol. The molecule has 1 saturated heterocycles. The second kappa shape index (κ2) is 6.61. The molecule has 2 atom stereocenters. The SMILES string of the molecule is CCN1CCC(C(C)NC(C)C(C)C)CC1. The molecule has 1 aliphatic heterocycles. The monoisotopic (exact) mass is 226 g/mol. The van der Waals surface area contributed by atoms with E-state index < -0.39 is 0 Å². The molecule has 2 nitrogen and oxygen atoms in total. The summed E-state index contributed by atoms with van der Waals surface area (Å²) >= 11 is 0. The van der Waals surface area contributed by atoms with Gasteiger partial charge in [0.2, 0.25) is 0 Å². The third-order valence-corrected chi connectivity index (χ3v) is 4.31. The van der Waals surface area contributed by atoms with Crippen molar-refractivity contribution in [3.63, 3.8) is 0 Å². The summed E-state index contributed by atoms with van der Waals surface area (Å²) < 4.78 is 0. The summed E-state index contributed by atoms with van der Waals surface area (Å²) in [5.74, 6) is 1.61. The van der Waals surface area contributed by atoms with Crippen LogP contribution in [-0.2, 0) is 0 Å². The van der Waals surface area contributed by atoms with E-state index in [1.165, 1.54) is 32.5 Å². The molecule has 0 spiro atoms. The summed E-state index contributed by atoms with van der Waals surface area (Å²) in [5, 5.41) is 3.76. The van der Waals surface area contributed by atoms with E-state index in [9.17, 15) is 0 Å². The van der Waals surface area contributed by atoms with Gasteiger partial charge < -0.3 is 10.2 Å². The number of nitrogens with zero attached hydrogens (tertiary/aromatic N) is 1. The molecule has 0 aromatic heterocycles. The molecule has 1 fully saturated rings. The molecule has 0 radical (unpaired) electrons. The lowest BCUT2D eigenvalue weighted by Crippen LogP contribution is -2.45. The molecule has 0 aliphatic carbocycles. The minimum Gasteiger partial charge on any atom is -0.311 e. The van der Waals surface area contributed by atoms with Crippen LogP contribution in [-0.4, -0.2) is 36.6 Å². The number of hydrogen-bond acceptors (Lipinski definition) is 2. The van der Waals surface area contributed by atoms with Crippen LogP contribution in [0.2, 0.25) is 0 Å². The molecule has 0 aromatic rings. The van der Waals surface area contributed by atoms with Gasteiger partial charge in [0.05, 0.1) is 0 Å². The summed E-state index contributed by atoms with van der Waals surface area (Å²) in [4.78, 5) is 2.56. The maximum atomic E-state index is 3.76. The van der Waals surface area contributed by atoms with Crippen molar-refractivity contribution < 1.29 is 0 Å². The number of nitrogens with one attached hydrogen (secondary N) is 1. The zero-order chi connectivity index (χ0) is 12.1. The number of piperidine rings is 1. The van der Waals surface area contributed by atoms with Crippen LogP contribution in [0.4, 0.5) is 0 Å². The highest BCUT2D eigenvalue weighted by molar-refractivity contribution is 4.81. The van der Waals surface area contributed by atoms with Crippen molar-refractivity contribution in [3.05, 3.63) is 0 Å². The van der Waals surface area contributed by atoms with E-state index in [-0.39, 0.29) is 0 Å². The molecule has 16 heavy (non-hydrogen) atoms. The third-order valence-electron chi connectivity index (χ3n) is 4.31. The molecule has 1 N–H and O–H groups in total. The highest BCUT2D eigenvalue weighted by Crippen LogP contribution is 2.21. The number of likely N-dealkylation sites (tertiary alicyclic amines) is 1. The Balaban J connectivity index is 2.30. The van der Waals surface area contributed by atoms with Crippen LogP contribution in [0.3, 0.4) is 0 Å². The fourth-order valence-corrected chi connectivity index (χ4v) is 2.51. The maximum absolute atomic E-state index is 3.76. The number of rotatable bonds is 5. The topological polar surface area (TPSA) is 15.3 Å². The Hall–Kier alpha value is -0.0800. The number of hydrogen-bond donors (Lipinski definition) is 1. The van der Waals surface area contributed by atoms with E-state index in [0.29, 0.717) is 12.1 Å². The molecular weight excluding hydrogens is 196 g/mol. The molecule has 2 heteroatoms. The van der Waals surface area contributed by atoms with Crippen LogP contribution < -0.4 is 5.32 Å². The maximum Gasteiger partial charge on any atom is 0.00705 e. The van der Waals surface area contributed by atoms with Gasteiger partial charge in [0.15, 0.2) is 0 Å². The Morgan fingerprint density at radius 3 is 2.12 bits per heavy atom. The Morgan fingerprint density at radius 2 is 1.69 bits per heavy atom. The molecule has 0 aromatic carbocycles. The van der Waals surface area contributed by atoms with Gasteiger partial charge in [-0.05, 0) is 58.2 Å². The summed E-state index contributed by atoms with van der Waals surface area (Å²) in [6.07, 6.45) is 2.74. The largest absolute Gasteiger partial charge is 0.311 e. The molecule has 2 unspecified atom stereocenters. The lowest BCUT2D eigenvalue weighted by molar-refractivity contribution is 0.161. The first-order valence-electron chi connectivity index (χ1n) is 7.03. The highest BCUT2D eigenvalue weighted by Gasteiger charge is 2.24. The molecule has 1 heterocycles. The van der Waals surface area contributed by atoms with Crippen LogP contribution in [0.25, 0.3) is 0 Å². The van der Waals surface area contributed by atoms with Gasteiger partial charge in [0, 0.05) is 12.1 Å². The molecule has 1 aliphatic rings. The van der Waals surface area contributed by atoms with E-state index in [1.807, 2.05) is 0 Å². The minimum absolute atomic E-state index is 0.638. The van der Waals surface area contributed by atoms with Gasteiger partial charge in [-0.3, -0.25) is 0 Å². The Kier molecular flexibility index (Phi) is 5.77. The fraction of sp³-hybridized carbons (Fsp3) is 1.00. The van der Waals surface area contributed by atoms with Gasteiger partial charge in [-0.15, -0.1) is 0 Å². The van der Waals surface area contributed by atoms with E-state index >= 15 is 0 Å². The minimum atomic E-state index is 0.638. The van der Waals surface area contributed by atoms with Crippen molar-refractivity contribution in [2.45, 2.75) is 59.5 Å². The first kappa shape index (κ1) is 14.0. The van der Waals surface area contributed by atoms with Gasteiger partial charge in [-0.2, -0.15) is 0 Å². The molecule has 0 bridgehead atoms. The average molecular weight is 226 g/mol. The molecule has 0 amide bonds. The van der Waals surface area contributed by atoms with Gasteiger partial charge in [0.1, 0.15) is 0 Å². The molecule has 0 saturated carbocycles. The van der Waals surface area contributed by atoms with Crippen LogP contribution in [0.5, 0.6) is 0 Å². The highest BCUT2D eigenvalue weighted by atomic mass is 15.1. The van der Waals surface area contributed by atoms with E-state index in [2.05, 4.69) is 44.8 Å². The van der Waals surface area contributed by atoms with Crippen molar-refractivity contribution in [3.8, 4) is 0 Å². The van der Waals surface area contributed by atoms with Crippen LogP contribution in [0, 0.1) is 11.8 Å². The summed E-state index contributed by atoms with van der Waals surface area (Å²) in [6, 6.07) is 1.32. The quantitative estimate of drug-likeness (QED) is 0.775. The summed E-state index contributed by atoms with van der Waals surface area (Å²) in [6.45, 7) is 15.3.